The zero-order valence-corrected chi connectivity index (χ0v) is 22.0. The van der Waals surface area contributed by atoms with Crippen LogP contribution < -0.4 is 10.1 Å². The van der Waals surface area contributed by atoms with Crippen LogP contribution in [0.5, 0.6) is 5.75 Å². The van der Waals surface area contributed by atoms with E-state index < -0.39 is 5.97 Å². The quantitative estimate of drug-likeness (QED) is 0.210. The predicted molar refractivity (Wildman–Crippen MR) is 144 cm³/mol. The van der Waals surface area contributed by atoms with Gasteiger partial charge in [0.15, 0.2) is 0 Å². The Labute approximate surface area is 216 Å². The van der Waals surface area contributed by atoms with E-state index in [0.717, 1.165) is 17.9 Å². The molecule has 0 unspecified atom stereocenters. The first-order chi connectivity index (χ1) is 16.4. The largest absolute Gasteiger partial charge is 0.422 e. The van der Waals surface area contributed by atoms with Crippen LogP contribution in [0.25, 0.3) is 16.9 Å². The number of esters is 1. The number of pyridine rings is 1. The molecule has 4 aromatic rings. The molecule has 35 heavy (non-hydrogen) atoms. The maximum Gasteiger partial charge on any atom is 0.343 e. The van der Waals surface area contributed by atoms with Crippen molar-refractivity contribution in [2.45, 2.75) is 46.6 Å². The summed E-state index contributed by atoms with van der Waals surface area (Å²) in [7, 11) is 0. The first kappa shape index (κ1) is 25.1. The predicted octanol–water partition coefficient (Wildman–Crippen LogP) is 8.15. The molecule has 4 rings (SSSR count). The number of nitrogens with zero attached hydrogens (tertiary/aromatic N) is 2. The molecule has 2 aromatic carbocycles. The van der Waals surface area contributed by atoms with Crippen molar-refractivity contribution in [1.29, 1.82) is 0 Å². The van der Waals surface area contributed by atoms with Crippen LogP contribution in [0.4, 0.5) is 5.82 Å². The van der Waals surface area contributed by atoms with Crippen molar-refractivity contribution in [3.8, 4) is 17.0 Å². The number of fused-ring (bicyclic) bond motifs is 1. The average molecular weight is 510 g/mol. The summed E-state index contributed by atoms with van der Waals surface area (Å²) in [6, 6.07) is 17.9. The zero-order valence-electron chi connectivity index (χ0n) is 20.5. The Bertz CT molecular complexity index is 1390. The number of carbonyl (C=O) groups excluding carboxylic acids is 1. The molecule has 5 nitrogen and oxygen atoms in total. The topological polar surface area (TPSA) is 55.6 Å². The molecule has 1 N–H and O–H groups in total. The standard InChI is InChI=1S/C28H29Cl2N3O2/c1-27(2,3)17-28(4,5)32-25-24(31-23-12-8-9-15-33(23)25)19-10-6-7-11-22(19)35-26(34)18-13-14-20(29)21(30)16-18/h6-16,32H,17H2,1-5H3. The second-order valence-electron chi connectivity index (χ2n) is 10.5. The maximum atomic E-state index is 12.9. The molecule has 0 aliphatic rings. The minimum atomic E-state index is -0.526. The van der Waals surface area contributed by atoms with E-state index in [0.29, 0.717) is 32.6 Å². The van der Waals surface area contributed by atoms with Crippen molar-refractivity contribution in [1.82, 2.24) is 9.38 Å². The third kappa shape index (κ3) is 5.80. The normalized spacial score (nSPS) is 12.1. The van der Waals surface area contributed by atoms with Crippen molar-refractivity contribution in [2.75, 3.05) is 5.32 Å². The molecule has 7 heteroatoms. The van der Waals surface area contributed by atoms with Crippen molar-refractivity contribution >= 4 is 40.6 Å². The lowest BCUT2D eigenvalue weighted by Crippen LogP contribution is -2.36. The molecular weight excluding hydrogens is 481 g/mol. The number of halogens is 2. The molecule has 0 saturated heterocycles. The maximum absolute atomic E-state index is 12.9. The summed E-state index contributed by atoms with van der Waals surface area (Å²) in [5.74, 6) is 0.721. The van der Waals surface area contributed by atoms with Crippen LogP contribution in [0.3, 0.4) is 0 Å². The second kappa shape index (κ2) is 9.56. The van der Waals surface area contributed by atoms with E-state index in [1.165, 1.54) is 6.07 Å². The van der Waals surface area contributed by atoms with Gasteiger partial charge in [0.25, 0.3) is 0 Å². The van der Waals surface area contributed by atoms with E-state index in [-0.39, 0.29) is 11.0 Å². The van der Waals surface area contributed by atoms with E-state index in [2.05, 4.69) is 39.9 Å². The highest BCUT2D eigenvalue weighted by atomic mass is 35.5. The number of hydrogen-bond donors (Lipinski definition) is 1. The Morgan fingerprint density at radius 2 is 1.69 bits per heavy atom. The van der Waals surface area contributed by atoms with Crippen LogP contribution in [-0.4, -0.2) is 20.9 Å². The number of benzene rings is 2. The van der Waals surface area contributed by atoms with Crippen LogP contribution in [0.1, 0.15) is 51.4 Å². The van der Waals surface area contributed by atoms with Gasteiger partial charge in [-0.15, -0.1) is 0 Å². The molecule has 0 radical (unpaired) electrons. The summed E-state index contributed by atoms with van der Waals surface area (Å²) in [6.07, 6.45) is 2.92. The van der Waals surface area contributed by atoms with E-state index in [9.17, 15) is 4.79 Å². The van der Waals surface area contributed by atoms with Gasteiger partial charge in [0.2, 0.25) is 0 Å². The molecule has 0 bridgehead atoms. The highest BCUT2D eigenvalue weighted by Gasteiger charge is 2.29. The Morgan fingerprint density at radius 1 is 0.971 bits per heavy atom. The summed E-state index contributed by atoms with van der Waals surface area (Å²) in [5, 5.41) is 4.39. The van der Waals surface area contributed by atoms with Crippen molar-refractivity contribution in [3.63, 3.8) is 0 Å². The van der Waals surface area contributed by atoms with E-state index >= 15 is 0 Å². The smallest absolute Gasteiger partial charge is 0.343 e. The SMILES string of the molecule is CC(C)(C)CC(C)(C)Nc1c(-c2ccccc2OC(=O)c2ccc(Cl)c(Cl)c2)nc2ccccn12. The molecule has 0 aliphatic heterocycles. The summed E-state index contributed by atoms with van der Waals surface area (Å²) in [6.45, 7) is 11.0. The lowest BCUT2D eigenvalue weighted by molar-refractivity contribution is 0.0735. The Balaban J connectivity index is 1.77. The van der Waals surface area contributed by atoms with Gasteiger partial charge in [0, 0.05) is 17.3 Å². The highest BCUT2D eigenvalue weighted by molar-refractivity contribution is 6.42. The first-order valence-electron chi connectivity index (χ1n) is 11.5. The molecule has 0 spiro atoms. The van der Waals surface area contributed by atoms with Gasteiger partial charge in [0.05, 0.1) is 15.6 Å². The summed E-state index contributed by atoms with van der Waals surface area (Å²) >= 11 is 12.1. The summed E-state index contributed by atoms with van der Waals surface area (Å²) in [4.78, 5) is 17.8. The number of ether oxygens (including phenoxy) is 1. The van der Waals surface area contributed by atoms with Gasteiger partial charge in [-0.1, -0.05) is 62.2 Å². The van der Waals surface area contributed by atoms with Crippen LogP contribution in [0.15, 0.2) is 66.9 Å². The van der Waals surface area contributed by atoms with Gasteiger partial charge in [-0.3, -0.25) is 4.40 Å². The van der Waals surface area contributed by atoms with Crippen LogP contribution in [-0.2, 0) is 0 Å². The lowest BCUT2D eigenvalue weighted by atomic mass is 9.82. The van der Waals surface area contributed by atoms with Crippen LogP contribution in [0.2, 0.25) is 10.0 Å². The van der Waals surface area contributed by atoms with Crippen LogP contribution in [0, 0.1) is 5.41 Å². The van der Waals surface area contributed by atoms with Gasteiger partial charge in [-0.05, 0) is 68.1 Å². The van der Waals surface area contributed by atoms with Crippen molar-refractivity contribution < 1.29 is 9.53 Å². The Hall–Kier alpha value is -3.02. The van der Waals surface area contributed by atoms with Gasteiger partial charge >= 0.3 is 5.97 Å². The Kier molecular flexibility index (Phi) is 6.85. The number of anilines is 1. The summed E-state index contributed by atoms with van der Waals surface area (Å²) < 4.78 is 7.85. The van der Waals surface area contributed by atoms with Crippen molar-refractivity contribution in [2.24, 2.45) is 5.41 Å². The van der Waals surface area contributed by atoms with E-state index in [4.69, 9.17) is 32.9 Å². The molecule has 2 aromatic heterocycles. The fourth-order valence-corrected chi connectivity index (χ4v) is 4.82. The number of para-hydroxylation sites is 1. The highest BCUT2D eigenvalue weighted by Crippen LogP contribution is 2.38. The van der Waals surface area contributed by atoms with Gasteiger partial charge in [0.1, 0.15) is 22.9 Å². The molecule has 0 atom stereocenters. The third-order valence-corrected chi connectivity index (χ3v) is 6.20. The minimum Gasteiger partial charge on any atom is -0.422 e. The number of rotatable bonds is 6. The first-order valence-corrected chi connectivity index (χ1v) is 12.2. The lowest BCUT2D eigenvalue weighted by Gasteiger charge is -2.34. The minimum absolute atomic E-state index is 0.129. The van der Waals surface area contributed by atoms with Crippen molar-refractivity contribution in [3.05, 3.63) is 82.5 Å². The molecule has 0 amide bonds. The Morgan fingerprint density at radius 3 is 2.40 bits per heavy atom. The third-order valence-electron chi connectivity index (χ3n) is 5.46. The fourth-order valence-electron chi connectivity index (χ4n) is 4.53. The van der Waals surface area contributed by atoms with Gasteiger partial charge < -0.3 is 10.1 Å². The van der Waals surface area contributed by atoms with Gasteiger partial charge in [-0.25, -0.2) is 9.78 Å². The molecule has 0 aliphatic carbocycles. The van der Waals surface area contributed by atoms with Crippen LogP contribution >= 0.6 is 23.2 Å². The molecule has 0 fully saturated rings. The average Bonchev–Trinajstić information content (AvgIpc) is 3.12. The molecule has 182 valence electrons. The van der Waals surface area contributed by atoms with Gasteiger partial charge in [-0.2, -0.15) is 0 Å². The number of nitrogens with one attached hydrogen (secondary N) is 1. The fraction of sp³-hybridized carbons (Fsp3) is 0.286. The molecular formula is C28H29Cl2N3O2. The molecule has 2 heterocycles. The van der Waals surface area contributed by atoms with E-state index in [1.54, 1.807) is 18.2 Å². The summed E-state index contributed by atoms with van der Waals surface area (Å²) in [5.41, 5.74) is 2.43. The number of carbonyl (C=O) groups is 1. The van der Waals surface area contributed by atoms with E-state index in [1.807, 2.05) is 47.0 Å². The number of hydrogen-bond acceptors (Lipinski definition) is 4. The second-order valence-corrected chi connectivity index (χ2v) is 11.3. The zero-order chi connectivity index (χ0) is 25.4. The number of aromatic nitrogens is 2. The molecule has 0 saturated carbocycles. The monoisotopic (exact) mass is 509 g/mol. The number of imidazole rings is 1.